The molecule has 0 aliphatic rings. The number of benzene rings is 1. The fraction of sp³-hybridized carbons (Fsp3) is 0. The van der Waals surface area contributed by atoms with E-state index in [9.17, 15) is 0 Å². The molecular formula is C13H9BrN2. The van der Waals surface area contributed by atoms with Crippen LogP contribution in [0.5, 0.6) is 0 Å². The van der Waals surface area contributed by atoms with Crippen LogP contribution in [0.4, 0.5) is 0 Å². The van der Waals surface area contributed by atoms with Gasteiger partial charge in [0.15, 0.2) is 0 Å². The second-order valence-electron chi connectivity index (χ2n) is 3.65. The molecule has 3 heteroatoms. The largest absolute Gasteiger partial charge is 0.361 e. The zero-order chi connectivity index (χ0) is 11.0. The van der Waals surface area contributed by atoms with Gasteiger partial charge in [-0.05, 0) is 51.1 Å². The zero-order valence-corrected chi connectivity index (χ0v) is 10.0. The summed E-state index contributed by atoms with van der Waals surface area (Å²) in [4.78, 5) is 7.42. The molecule has 0 radical (unpaired) electrons. The van der Waals surface area contributed by atoms with Crippen LogP contribution in [0.2, 0.25) is 0 Å². The van der Waals surface area contributed by atoms with Gasteiger partial charge in [-0.15, -0.1) is 0 Å². The lowest BCUT2D eigenvalue weighted by Crippen LogP contribution is -1.80. The minimum atomic E-state index is 0.860. The number of hydrogen-bond acceptors (Lipinski definition) is 1. The van der Waals surface area contributed by atoms with Crippen LogP contribution in [-0.2, 0) is 0 Å². The maximum atomic E-state index is 4.23. The van der Waals surface area contributed by atoms with Gasteiger partial charge in [-0.25, -0.2) is 4.98 Å². The summed E-state index contributed by atoms with van der Waals surface area (Å²) in [7, 11) is 0. The van der Waals surface area contributed by atoms with E-state index in [2.05, 4.69) is 56.2 Å². The van der Waals surface area contributed by atoms with Crippen molar-refractivity contribution in [3.63, 3.8) is 0 Å². The Balaban J connectivity index is 2.14. The van der Waals surface area contributed by atoms with E-state index in [4.69, 9.17) is 0 Å². The van der Waals surface area contributed by atoms with Crippen LogP contribution in [0.25, 0.3) is 22.0 Å². The molecule has 0 spiro atoms. The highest BCUT2D eigenvalue weighted by molar-refractivity contribution is 9.10. The lowest BCUT2D eigenvalue weighted by molar-refractivity contribution is 1.28. The smallest absolute Gasteiger partial charge is 0.106 e. The fourth-order valence-electron chi connectivity index (χ4n) is 1.78. The Kier molecular flexibility index (Phi) is 2.26. The van der Waals surface area contributed by atoms with E-state index in [1.807, 2.05) is 18.5 Å². The molecule has 0 fully saturated rings. The molecule has 1 N–H and O–H groups in total. The van der Waals surface area contributed by atoms with Gasteiger partial charge in [0.25, 0.3) is 0 Å². The number of nitrogens with zero attached hydrogens (tertiary/aromatic N) is 1. The number of halogens is 1. The van der Waals surface area contributed by atoms with Gasteiger partial charge in [0.2, 0.25) is 0 Å². The maximum absolute atomic E-state index is 4.23. The van der Waals surface area contributed by atoms with Crippen LogP contribution in [0.1, 0.15) is 0 Å². The summed E-state index contributed by atoms with van der Waals surface area (Å²) in [6.07, 6.45) is 3.83. The summed E-state index contributed by atoms with van der Waals surface area (Å²) >= 11 is 3.34. The number of H-pyrrole nitrogens is 1. The number of pyridine rings is 1. The van der Waals surface area contributed by atoms with Gasteiger partial charge in [-0.1, -0.05) is 12.1 Å². The van der Waals surface area contributed by atoms with Crippen molar-refractivity contribution < 1.29 is 0 Å². The summed E-state index contributed by atoms with van der Waals surface area (Å²) < 4.78 is 0.860. The van der Waals surface area contributed by atoms with E-state index in [-0.39, 0.29) is 0 Å². The molecule has 16 heavy (non-hydrogen) atoms. The molecule has 2 nitrogen and oxygen atoms in total. The molecule has 0 bridgehead atoms. The average Bonchev–Trinajstić information content (AvgIpc) is 2.77. The van der Waals surface area contributed by atoms with Gasteiger partial charge in [0.05, 0.1) is 0 Å². The summed E-state index contributed by atoms with van der Waals surface area (Å²) in [5.74, 6) is 0. The first kappa shape index (κ1) is 9.60. The van der Waals surface area contributed by atoms with Crippen molar-refractivity contribution in [2.75, 3.05) is 0 Å². The van der Waals surface area contributed by atoms with Gasteiger partial charge in [0, 0.05) is 23.5 Å². The SMILES string of the molecule is Brc1ccc(-c2ccc3[nH]ccc3c2)cn1. The third kappa shape index (κ3) is 1.63. The molecule has 0 atom stereocenters. The number of aromatic amines is 1. The summed E-state index contributed by atoms with van der Waals surface area (Å²) in [6.45, 7) is 0. The molecule has 78 valence electrons. The second-order valence-corrected chi connectivity index (χ2v) is 4.46. The first-order valence-electron chi connectivity index (χ1n) is 5.02. The van der Waals surface area contributed by atoms with E-state index in [1.165, 1.54) is 10.9 Å². The topological polar surface area (TPSA) is 28.7 Å². The summed E-state index contributed by atoms with van der Waals surface area (Å²) in [5, 5.41) is 1.22. The van der Waals surface area contributed by atoms with Crippen LogP contribution in [0, 0.1) is 0 Å². The fourth-order valence-corrected chi connectivity index (χ4v) is 2.01. The van der Waals surface area contributed by atoms with E-state index in [0.29, 0.717) is 0 Å². The predicted molar refractivity (Wildman–Crippen MR) is 69.2 cm³/mol. The molecule has 1 aromatic carbocycles. The van der Waals surface area contributed by atoms with Gasteiger partial charge in [0.1, 0.15) is 4.60 Å². The summed E-state index contributed by atoms with van der Waals surface area (Å²) in [5.41, 5.74) is 3.48. The molecule has 0 saturated carbocycles. The maximum Gasteiger partial charge on any atom is 0.106 e. The van der Waals surface area contributed by atoms with Crippen molar-refractivity contribution >= 4 is 26.8 Å². The molecule has 0 saturated heterocycles. The van der Waals surface area contributed by atoms with Gasteiger partial charge in [-0.2, -0.15) is 0 Å². The monoisotopic (exact) mass is 272 g/mol. The lowest BCUT2D eigenvalue weighted by atomic mass is 10.1. The minimum Gasteiger partial charge on any atom is -0.361 e. The Bertz CT molecular complexity index is 626. The number of hydrogen-bond donors (Lipinski definition) is 1. The standard InChI is InChI=1S/C13H9BrN2/c14-13-4-2-11(8-16-13)9-1-3-12-10(7-9)5-6-15-12/h1-8,15H. The molecule has 2 heterocycles. The molecular weight excluding hydrogens is 264 g/mol. The van der Waals surface area contributed by atoms with Crippen LogP contribution in [0.3, 0.4) is 0 Å². The Morgan fingerprint density at radius 2 is 1.88 bits per heavy atom. The van der Waals surface area contributed by atoms with Gasteiger partial charge >= 0.3 is 0 Å². The van der Waals surface area contributed by atoms with E-state index < -0.39 is 0 Å². The van der Waals surface area contributed by atoms with Gasteiger partial charge < -0.3 is 4.98 Å². The number of fused-ring (bicyclic) bond motifs is 1. The van der Waals surface area contributed by atoms with Crippen molar-refractivity contribution in [3.8, 4) is 11.1 Å². The molecule has 0 aliphatic heterocycles. The van der Waals surface area contributed by atoms with Crippen LogP contribution >= 0.6 is 15.9 Å². The van der Waals surface area contributed by atoms with E-state index in [0.717, 1.165) is 15.7 Å². The molecule has 0 aliphatic carbocycles. The molecule has 0 amide bonds. The van der Waals surface area contributed by atoms with Crippen LogP contribution in [0.15, 0.2) is 53.4 Å². The zero-order valence-electron chi connectivity index (χ0n) is 8.44. The third-order valence-electron chi connectivity index (χ3n) is 2.61. The predicted octanol–water partition coefficient (Wildman–Crippen LogP) is 3.99. The highest BCUT2D eigenvalue weighted by Crippen LogP contribution is 2.23. The number of aromatic nitrogens is 2. The quantitative estimate of drug-likeness (QED) is 0.667. The van der Waals surface area contributed by atoms with Crippen LogP contribution < -0.4 is 0 Å². The molecule has 0 unspecified atom stereocenters. The first-order chi connectivity index (χ1) is 7.83. The Morgan fingerprint density at radius 3 is 2.69 bits per heavy atom. The first-order valence-corrected chi connectivity index (χ1v) is 5.81. The number of nitrogens with one attached hydrogen (secondary N) is 1. The van der Waals surface area contributed by atoms with Crippen molar-refractivity contribution in [2.45, 2.75) is 0 Å². The van der Waals surface area contributed by atoms with Crippen molar-refractivity contribution in [1.82, 2.24) is 9.97 Å². The molecule has 3 aromatic rings. The Hall–Kier alpha value is -1.61. The average molecular weight is 273 g/mol. The molecule has 2 aromatic heterocycles. The van der Waals surface area contributed by atoms with Crippen molar-refractivity contribution in [2.24, 2.45) is 0 Å². The van der Waals surface area contributed by atoms with E-state index >= 15 is 0 Å². The minimum absolute atomic E-state index is 0.860. The summed E-state index contributed by atoms with van der Waals surface area (Å²) in [6, 6.07) is 12.4. The van der Waals surface area contributed by atoms with Crippen molar-refractivity contribution in [1.29, 1.82) is 0 Å². The molecule has 3 rings (SSSR count). The number of rotatable bonds is 1. The van der Waals surface area contributed by atoms with Crippen molar-refractivity contribution in [3.05, 3.63) is 53.4 Å². The highest BCUT2D eigenvalue weighted by Gasteiger charge is 2.00. The lowest BCUT2D eigenvalue weighted by Gasteiger charge is -2.01. The highest BCUT2D eigenvalue weighted by atomic mass is 79.9. The van der Waals surface area contributed by atoms with Crippen LogP contribution in [-0.4, -0.2) is 9.97 Å². The second kappa shape index (κ2) is 3.76. The van der Waals surface area contributed by atoms with Gasteiger partial charge in [-0.3, -0.25) is 0 Å². The third-order valence-corrected chi connectivity index (χ3v) is 3.08. The normalized spacial score (nSPS) is 10.8. The van der Waals surface area contributed by atoms with E-state index in [1.54, 1.807) is 0 Å². The Morgan fingerprint density at radius 1 is 1.00 bits per heavy atom. The Labute approximate surface area is 101 Å².